The Morgan fingerprint density at radius 3 is 2.38 bits per heavy atom. The third kappa shape index (κ3) is 3.49. The molecule has 0 aliphatic carbocycles. The Kier molecular flexibility index (Phi) is 5.30. The van der Waals surface area contributed by atoms with Crippen LogP contribution in [0.3, 0.4) is 0 Å². The number of hydrogen-bond donors (Lipinski definition) is 1. The molecular weight excluding hydrogens is 392 g/mol. The zero-order valence-electron chi connectivity index (χ0n) is 16.4. The number of hydrogen-bond acceptors (Lipinski definition) is 9. The number of nitrogens with one attached hydrogen (secondary N) is 1. The average molecular weight is 412 g/mol. The van der Waals surface area contributed by atoms with Crippen molar-refractivity contribution in [2.24, 2.45) is 0 Å². The van der Waals surface area contributed by atoms with Crippen molar-refractivity contribution in [3.63, 3.8) is 0 Å². The molecule has 0 saturated heterocycles. The lowest BCUT2D eigenvalue weighted by Gasteiger charge is -2.21. The quantitative estimate of drug-likeness (QED) is 0.629. The van der Waals surface area contributed by atoms with Gasteiger partial charge in [-0.25, -0.2) is 0 Å². The minimum atomic E-state index is -0.558. The molecule has 8 nitrogen and oxygen atoms in total. The van der Waals surface area contributed by atoms with Crippen molar-refractivity contribution in [1.82, 2.24) is 15.2 Å². The second kappa shape index (κ2) is 8.04. The van der Waals surface area contributed by atoms with Crippen LogP contribution in [0.4, 0.5) is 5.69 Å². The lowest BCUT2D eigenvalue weighted by molar-refractivity contribution is 0.223. The number of para-hydroxylation sites is 1. The van der Waals surface area contributed by atoms with Crippen LogP contribution in [0, 0.1) is 0 Å². The summed E-state index contributed by atoms with van der Waals surface area (Å²) in [5.41, 5.74) is 3.09. The standard InChI is InChI=1S/C20H20N4O4S/c1-25-14-9-11(10-15(26-2)17(14)27-3)18-21-13-8-6-5-7-12(13)16-19(28-18)22-20(29-4)24-23-16/h5-10,18,21H,1-4H3/t18-/m0/s1. The third-order valence-electron chi connectivity index (χ3n) is 4.51. The molecule has 29 heavy (non-hydrogen) atoms. The van der Waals surface area contributed by atoms with Crippen LogP contribution in [0.1, 0.15) is 11.8 Å². The maximum Gasteiger partial charge on any atom is 0.247 e. The predicted octanol–water partition coefficient (Wildman–Crippen LogP) is 3.79. The van der Waals surface area contributed by atoms with Gasteiger partial charge in [-0.2, -0.15) is 4.98 Å². The molecule has 1 aromatic heterocycles. The number of benzene rings is 2. The molecule has 0 fully saturated rings. The first-order valence-corrected chi connectivity index (χ1v) is 10.0. The van der Waals surface area contributed by atoms with Crippen LogP contribution in [0.15, 0.2) is 41.6 Å². The van der Waals surface area contributed by atoms with Crippen molar-refractivity contribution < 1.29 is 18.9 Å². The fourth-order valence-electron chi connectivity index (χ4n) is 3.14. The van der Waals surface area contributed by atoms with Gasteiger partial charge in [0.05, 0.1) is 21.3 Å². The molecule has 0 saturated carbocycles. The molecular formula is C20H20N4O4S. The van der Waals surface area contributed by atoms with Crippen molar-refractivity contribution in [1.29, 1.82) is 0 Å². The highest BCUT2D eigenvalue weighted by Crippen LogP contribution is 2.43. The summed E-state index contributed by atoms with van der Waals surface area (Å²) in [6.07, 6.45) is 1.33. The van der Waals surface area contributed by atoms with E-state index in [0.717, 1.165) is 16.8 Å². The van der Waals surface area contributed by atoms with E-state index in [1.807, 2.05) is 42.7 Å². The molecule has 9 heteroatoms. The molecule has 2 aromatic carbocycles. The number of ether oxygens (including phenoxy) is 4. The molecule has 0 bridgehead atoms. The topological polar surface area (TPSA) is 87.6 Å². The van der Waals surface area contributed by atoms with Crippen molar-refractivity contribution in [3.8, 4) is 34.4 Å². The molecule has 0 radical (unpaired) electrons. The highest BCUT2D eigenvalue weighted by Gasteiger charge is 2.27. The highest BCUT2D eigenvalue weighted by atomic mass is 32.2. The first-order valence-electron chi connectivity index (χ1n) is 8.79. The van der Waals surface area contributed by atoms with E-state index in [9.17, 15) is 0 Å². The first-order chi connectivity index (χ1) is 14.2. The van der Waals surface area contributed by atoms with Gasteiger partial charge in [-0.1, -0.05) is 30.0 Å². The van der Waals surface area contributed by atoms with E-state index in [4.69, 9.17) is 18.9 Å². The first kappa shape index (κ1) is 19.1. The maximum atomic E-state index is 6.25. The van der Waals surface area contributed by atoms with Gasteiger partial charge in [0.1, 0.15) is 0 Å². The number of aromatic nitrogens is 3. The van der Waals surface area contributed by atoms with E-state index in [1.54, 1.807) is 21.3 Å². The summed E-state index contributed by atoms with van der Waals surface area (Å²) < 4.78 is 22.6. The second-order valence-corrected chi connectivity index (χ2v) is 6.87. The van der Waals surface area contributed by atoms with Gasteiger partial charge in [-0.3, -0.25) is 0 Å². The summed E-state index contributed by atoms with van der Waals surface area (Å²) in [5.74, 6) is 1.99. The van der Waals surface area contributed by atoms with E-state index in [-0.39, 0.29) is 0 Å². The minimum absolute atomic E-state index is 0.403. The van der Waals surface area contributed by atoms with E-state index in [2.05, 4.69) is 20.5 Å². The predicted molar refractivity (Wildman–Crippen MR) is 110 cm³/mol. The number of anilines is 1. The Labute approximate surface area is 172 Å². The number of thioether (sulfide) groups is 1. The smallest absolute Gasteiger partial charge is 0.247 e. The van der Waals surface area contributed by atoms with Crippen molar-refractivity contribution >= 4 is 17.4 Å². The Bertz CT molecular complexity index is 1020. The maximum absolute atomic E-state index is 6.25. The zero-order valence-corrected chi connectivity index (χ0v) is 17.2. The molecule has 1 aliphatic heterocycles. The SMILES string of the molecule is COc1cc([C@H]2Nc3ccccc3-c3nnc(SC)nc3O2)cc(OC)c1OC. The van der Waals surface area contributed by atoms with Gasteiger partial charge in [0.15, 0.2) is 23.4 Å². The third-order valence-corrected chi connectivity index (χ3v) is 5.04. The van der Waals surface area contributed by atoms with Gasteiger partial charge in [-0.05, 0) is 24.5 Å². The Balaban J connectivity index is 1.86. The number of methoxy groups -OCH3 is 3. The lowest BCUT2D eigenvalue weighted by Crippen LogP contribution is -2.17. The van der Waals surface area contributed by atoms with Crippen LogP contribution in [-0.4, -0.2) is 42.8 Å². The normalized spacial score (nSPS) is 14.6. The van der Waals surface area contributed by atoms with Crippen molar-refractivity contribution in [2.75, 3.05) is 32.9 Å². The van der Waals surface area contributed by atoms with Crippen molar-refractivity contribution in [2.45, 2.75) is 11.4 Å². The van der Waals surface area contributed by atoms with E-state index in [0.29, 0.717) is 34.0 Å². The molecule has 1 atom stereocenters. The molecule has 4 rings (SSSR count). The van der Waals surface area contributed by atoms with Crippen LogP contribution >= 0.6 is 11.8 Å². The molecule has 1 aliphatic rings. The molecule has 1 N–H and O–H groups in total. The Hall–Kier alpha value is -3.20. The van der Waals surface area contributed by atoms with Gasteiger partial charge >= 0.3 is 0 Å². The van der Waals surface area contributed by atoms with Crippen LogP contribution in [0.5, 0.6) is 23.1 Å². The molecule has 0 amide bonds. The monoisotopic (exact) mass is 412 g/mol. The zero-order chi connectivity index (χ0) is 20.4. The van der Waals surface area contributed by atoms with E-state index < -0.39 is 6.23 Å². The number of fused-ring (bicyclic) bond motifs is 3. The van der Waals surface area contributed by atoms with Gasteiger partial charge in [0, 0.05) is 16.8 Å². The highest BCUT2D eigenvalue weighted by molar-refractivity contribution is 7.98. The van der Waals surface area contributed by atoms with Crippen LogP contribution in [0.2, 0.25) is 0 Å². The van der Waals surface area contributed by atoms with Gasteiger partial charge in [0.25, 0.3) is 0 Å². The number of nitrogens with zero attached hydrogens (tertiary/aromatic N) is 3. The summed E-state index contributed by atoms with van der Waals surface area (Å²) in [7, 11) is 4.73. The fourth-order valence-corrected chi connectivity index (χ4v) is 3.43. The van der Waals surface area contributed by atoms with Gasteiger partial charge < -0.3 is 24.3 Å². The van der Waals surface area contributed by atoms with Crippen molar-refractivity contribution in [3.05, 3.63) is 42.0 Å². The average Bonchev–Trinajstić information content (AvgIpc) is 2.94. The van der Waals surface area contributed by atoms with E-state index >= 15 is 0 Å². The lowest BCUT2D eigenvalue weighted by atomic mass is 10.1. The molecule has 3 aromatic rings. The largest absolute Gasteiger partial charge is 0.493 e. The summed E-state index contributed by atoms with van der Waals surface area (Å²) in [4.78, 5) is 4.53. The number of rotatable bonds is 5. The van der Waals surface area contributed by atoms with Gasteiger partial charge in [0.2, 0.25) is 16.8 Å². The van der Waals surface area contributed by atoms with Crippen LogP contribution in [0.25, 0.3) is 11.3 Å². The Morgan fingerprint density at radius 1 is 1.00 bits per heavy atom. The Morgan fingerprint density at radius 2 is 1.72 bits per heavy atom. The molecule has 0 spiro atoms. The fraction of sp³-hybridized carbons (Fsp3) is 0.250. The van der Waals surface area contributed by atoms with Gasteiger partial charge in [-0.15, -0.1) is 10.2 Å². The summed E-state index contributed by atoms with van der Waals surface area (Å²) >= 11 is 1.40. The van der Waals surface area contributed by atoms with E-state index in [1.165, 1.54) is 11.8 Å². The summed E-state index contributed by atoms with van der Waals surface area (Å²) in [5, 5.41) is 12.5. The summed E-state index contributed by atoms with van der Waals surface area (Å²) in [6.45, 7) is 0. The summed E-state index contributed by atoms with van der Waals surface area (Å²) in [6, 6.07) is 11.5. The molecule has 150 valence electrons. The molecule has 2 heterocycles. The van der Waals surface area contributed by atoms with Crippen LogP contribution < -0.4 is 24.3 Å². The molecule has 0 unspecified atom stereocenters. The minimum Gasteiger partial charge on any atom is -0.493 e. The second-order valence-electron chi connectivity index (χ2n) is 6.10. The van der Waals surface area contributed by atoms with Crippen LogP contribution in [-0.2, 0) is 0 Å².